The van der Waals surface area contributed by atoms with Crippen molar-refractivity contribution in [2.75, 3.05) is 0 Å². The first-order valence-electron chi connectivity index (χ1n) is 3.35. The van der Waals surface area contributed by atoms with E-state index in [9.17, 15) is 13.2 Å². The van der Waals surface area contributed by atoms with E-state index in [1.54, 1.807) is 6.92 Å². The van der Waals surface area contributed by atoms with Crippen molar-refractivity contribution < 1.29 is 13.2 Å². The number of nitrogens with zero attached hydrogens (tertiary/aromatic N) is 1. The van der Waals surface area contributed by atoms with Gasteiger partial charge in [0.15, 0.2) is 0 Å². The second kappa shape index (κ2) is 2.71. The first-order valence-corrected chi connectivity index (χ1v) is 3.35. The third-order valence-corrected chi connectivity index (χ3v) is 1.39. The van der Waals surface area contributed by atoms with E-state index in [4.69, 9.17) is 0 Å². The van der Waals surface area contributed by atoms with Crippen LogP contribution in [0.25, 0.3) is 0 Å². The van der Waals surface area contributed by atoms with Gasteiger partial charge in [0.2, 0.25) is 0 Å². The summed E-state index contributed by atoms with van der Waals surface area (Å²) in [4.78, 5) is 0. The fourth-order valence-corrected chi connectivity index (χ4v) is 0.989. The fourth-order valence-electron chi connectivity index (χ4n) is 0.989. The molecule has 0 spiro atoms. The highest BCUT2D eigenvalue weighted by Gasteiger charge is 2.31. The third kappa shape index (κ3) is 2.78. The molecule has 1 rings (SSSR count). The molecule has 0 saturated heterocycles. The minimum atomic E-state index is -4.12. The zero-order chi connectivity index (χ0) is 8.48. The zero-order valence-corrected chi connectivity index (χ0v) is 6.07. The summed E-state index contributed by atoms with van der Waals surface area (Å²) in [6.45, 7) is 1.80. The Morgan fingerprint density at radius 2 is 2.27 bits per heavy atom. The maximum Gasteiger partial charge on any atom is 0.394 e. The van der Waals surface area contributed by atoms with Gasteiger partial charge in [0.25, 0.3) is 0 Å². The number of alkyl halides is 3. The standard InChI is InChI=1S/C6H9F3N2/c1-4-2-5(11-10-4)3-6(7,8)9/h4,10H,2-3H2,1H3. The highest BCUT2D eigenvalue weighted by atomic mass is 19.4. The highest BCUT2D eigenvalue weighted by molar-refractivity contribution is 5.86. The van der Waals surface area contributed by atoms with Crippen molar-refractivity contribution in [2.45, 2.75) is 32.0 Å². The highest BCUT2D eigenvalue weighted by Crippen LogP contribution is 2.22. The van der Waals surface area contributed by atoms with E-state index in [0.29, 0.717) is 6.42 Å². The lowest BCUT2D eigenvalue weighted by Gasteiger charge is -2.04. The van der Waals surface area contributed by atoms with E-state index in [2.05, 4.69) is 10.5 Å². The molecule has 0 fully saturated rings. The van der Waals surface area contributed by atoms with Crippen molar-refractivity contribution in [1.82, 2.24) is 5.43 Å². The van der Waals surface area contributed by atoms with E-state index >= 15 is 0 Å². The van der Waals surface area contributed by atoms with Crippen LogP contribution in [-0.2, 0) is 0 Å². The Labute approximate surface area is 62.5 Å². The van der Waals surface area contributed by atoms with Gasteiger partial charge in [-0.15, -0.1) is 0 Å². The molecule has 0 amide bonds. The van der Waals surface area contributed by atoms with Crippen molar-refractivity contribution >= 4 is 5.71 Å². The first-order chi connectivity index (χ1) is 4.97. The lowest BCUT2D eigenvalue weighted by Crippen LogP contribution is -2.16. The molecule has 1 N–H and O–H groups in total. The molecular weight excluding hydrogens is 157 g/mol. The topological polar surface area (TPSA) is 24.4 Å². The van der Waals surface area contributed by atoms with Gasteiger partial charge in [-0.05, 0) is 6.92 Å². The molecule has 1 aliphatic rings. The molecule has 0 aromatic heterocycles. The fraction of sp³-hybridized carbons (Fsp3) is 0.833. The van der Waals surface area contributed by atoms with Gasteiger partial charge in [-0.3, -0.25) is 0 Å². The van der Waals surface area contributed by atoms with Gasteiger partial charge in [0.05, 0.1) is 6.42 Å². The molecule has 2 nitrogen and oxygen atoms in total. The number of nitrogens with one attached hydrogen (secondary N) is 1. The predicted octanol–water partition coefficient (Wildman–Crippen LogP) is 1.68. The molecule has 0 bridgehead atoms. The van der Waals surface area contributed by atoms with E-state index in [1.165, 1.54) is 0 Å². The Bertz CT molecular complexity index is 173. The zero-order valence-electron chi connectivity index (χ0n) is 6.07. The molecule has 11 heavy (non-hydrogen) atoms. The Balaban J connectivity index is 2.40. The van der Waals surface area contributed by atoms with Crippen LogP contribution in [0.3, 0.4) is 0 Å². The molecule has 64 valence electrons. The van der Waals surface area contributed by atoms with Crippen LogP contribution in [0.15, 0.2) is 5.10 Å². The summed E-state index contributed by atoms with van der Waals surface area (Å²) in [5.74, 6) is 0. The maximum atomic E-state index is 11.7. The Morgan fingerprint density at radius 3 is 2.64 bits per heavy atom. The summed E-state index contributed by atoms with van der Waals surface area (Å²) in [5, 5.41) is 3.55. The van der Waals surface area contributed by atoms with E-state index in [1.807, 2.05) is 0 Å². The van der Waals surface area contributed by atoms with Gasteiger partial charge in [-0.2, -0.15) is 18.3 Å². The predicted molar refractivity (Wildman–Crippen MR) is 35.3 cm³/mol. The average molecular weight is 166 g/mol. The molecule has 0 aliphatic carbocycles. The van der Waals surface area contributed by atoms with Crippen molar-refractivity contribution in [1.29, 1.82) is 0 Å². The van der Waals surface area contributed by atoms with E-state index in [-0.39, 0.29) is 11.8 Å². The normalized spacial score (nSPS) is 24.7. The van der Waals surface area contributed by atoms with Crippen LogP contribution in [0.1, 0.15) is 19.8 Å². The van der Waals surface area contributed by atoms with Gasteiger partial charge in [0, 0.05) is 18.2 Å². The van der Waals surface area contributed by atoms with Gasteiger partial charge in [-0.25, -0.2) is 0 Å². The Kier molecular flexibility index (Phi) is 2.06. The summed E-state index contributed by atoms with van der Waals surface area (Å²) >= 11 is 0. The first kappa shape index (κ1) is 8.36. The SMILES string of the molecule is CC1CC(CC(F)(F)F)=NN1. The number of hydrogen-bond donors (Lipinski definition) is 1. The smallest absolute Gasteiger partial charge is 0.307 e. The van der Waals surface area contributed by atoms with Crippen LogP contribution < -0.4 is 5.43 Å². The van der Waals surface area contributed by atoms with E-state index in [0.717, 1.165) is 0 Å². The Morgan fingerprint density at radius 1 is 1.64 bits per heavy atom. The van der Waals surface area contributed by atoms with Crippen molar-refractivity contribution in [3.8, 4) is 0 Å². The van der Waals surface area contributed by atoms with Gasteiger partial charge >= 0.3 is 6.18 Å². The molecule has 5 heteroatoms. The monoisotopic (exact) mass is 166 g/mol. The van der Waals surface area contributed by atoms with Gasteiger partial charge in [-0.1, -0.05) is 0 Å². The molecule has 0 saturated carbocycles. The summed E-state index contributed by atoms with van der Waals surface area (Å²) in [5.41, 5.74) is 2.78. The second-order valence-corrected chi connectivity index (χ2v) is 2.70. The number of hydrazone groups is 1. The lowest BCUT2D eigenvalue weighted by atomic mass is 10.1. The summed E-state index contributed by atoms with van der Waals surface area (Å²) in [6, 6.07) is 0.0485. The van der Waals surface area contributed by atoms with Crippen LogP contribution in [0.5, 0.6) is 0 Å². The van der Waals surface area contributed by atoms with Crippen LogP contribution >= 0.6 is 0 Å². The third-order valence-electron chi connectivity index (χ3n) is 1.39. The lowest BCUT2D eigenvalue weighted by molar-refractivity contribution is -0.121. The average Bonchev–Trinajstić information content (AvgIpc) is 2.10. The second-order valence-electron chi connectivity index (χ2n) is 2.70. The maximum absolute atomic E-state index is 11.7. The largest absolute Gasteiger partial charge is 0.394 e. The number of hydrogen-bond acceptors (Lipinski definition) is 2. The van der Waals surface area contributed by atoms with Crippen molar-refractivity contribution in [3.63, 3.8) is 0 Å². The minimum absolute atomic E-state index is 0.0485. The summed E-state index contributed by atoms with van der Waals surface area (Å²) in [7, 11) is 0. The molecular formula is C6H9F3N2. The molecule has 0 aromatic rings. The quantitative estimate of drug-likeness (QED) is 0.629. The molecule has 1 unspecified atom stereocenters. The molecule has 1 atom stereocenters. The number of rotatable bonds is 1. The molecule has 0 radical (unpaired) electrons. The number of halogens is 3. The summed E-state index contributed by atoms with van der Waals surface area (Å²) in [6.07, 6.45) is -4.60. The van der Waals surface area contributed by atoms with Gasteiger partial charge in [0.1, 0.15) is 0 Å². The van der Waals surface area contributed by atoms with Gasteiger partial charge < -0.3 is 5.43 Å². The van der Waals surface area contributed by atoms with Crippen molar-refractivity contribution in [2.24, 2.45) is 5.10 Å². The molecule has 0 aromatic carbocycles. The minimum Gasteiger partial charge on any atom is -0.307 e. The van der Waals surface area contributed by atoms with Crippen LogP contribution in [0.2, 0.25) is 0 Å². The van der Waals surface area contributed by atoms with Crippen LogP contribution in [-0.4, -0.2) is 17.9 Å². The molecule has 1 aliphatic heterocycles. The molecule has 1 heterocycles. The van der Waals surface area contributed by atoms with E-state index < -0.39 is 12.6 Å². The Hall–Kier alpha value is -0.740. The summed E-state index contributed by atoms with van der Waals surface area (Å²) < 4.78 is 35.2. The van der Waals surface area contributed by atoms with Crippen LogP contribution in [0, 0.1) is 0 Å². The van der Waals surface area contributed by atoms with Crippen LogP contribution in [0.4, 0.5) is 13.2 Å². The van der Waals surface area contributed by atoms with Crippen molar-refractivity contribution in [3.05, 3.63) is 0 Å².